The normalized spacial score (nSPS) is 12.4. The number of nitrogens with one attached hydrogen (secondary N) is 1. The molecule has 0 aromatic heterocycles. The maximum atomic E-state index is 8.98. The van der Waals surface area contributed by atoms with Gasteiger partial charge in [0.1, 0.15) is 12.4 Å². The van der Waals surface area contributed by atoms with Crippen molar-refractivity contribution >= 4 is 0 Å². The summed E-state index contributed by atoms with van der Waals surface area (Å²) < 4.78 is 5.56. The van der Waals surface area contributed by atoms with Gasteiger partial charge in [-0.2, -0.15) is 0 Å². The minimum Gasteiger partial charge on any atom is -0.492 e. The molecule has 1 aromatic carbocycles. The first-order chi connectivity index (χ1) is 7.80. The predicted octanol–water partition coefficient (Wildman–Crippen LogP) is 1.60. The summed E-state index contributed by atoms with van der Waals surface area (Å²) in [6, 6.07) is 8.14. The smallest absolute Gasteiger partial charge is 0.119 e. The van der Waals surface area contributed by atoms with Crippen LogP contribution in [-0.4, -0.2) is 31.4 Å². The van der Waals surface area contributed by atoms with E-state index >= 15 is 0 Å². The number of aliphatic hydroxyl groups excluding tert-OH is 1. The first-order valence-corrected chi connectivity index (χ1v) is 5.80. The van der Waals surface area contributed by atoms with Gasteiger partial charge in [-0.1, -0.05) is 25.5 Å². The summed E-state index contributed by atoms with van der Waals surface area (Å²) in [6.07, 6.45) is 2.27. The third kappa shape index (κ3) is 4.21. The third-order valence-electron chi connectivity index (χ3n) is 2.54. The third-order valence-corrected chi connectivity index (χ3v) is 2.54. The molecular formula is C13H21NO2. The van der Waals surface area contributed by atoms with E-state index in [9.17, 15) is 0 Å². The molecule has 1 rings (SSSR count). The molecule has 1 aromatic rings. The quantitative estimate of drug-likeness (QED) is 0.737. The SMILES string of the molecule is CCCc1ccc(OCC(CO)NC)cc1. The molecule has 0 heterocycles. The molecule has 1 unspecified atom stereocenters. The van der Waals surface area contributed by atoms with Gasteiger partial charge in [-0.15, -0.1) is 0 Å². The molecule has 1 atom stereocenters. The van der Waals surface area contributed by atoms with Gasteiger partial charge >= 0.3 is 0 Å². The Morgan fingerprint density at radius 1 is 1.31 bits per heavy atom. The van der Waals surface area contributed by atoms with Gasteiger partial charge in [-0.3, -0.25) is 0 Å². The molecule has 16 heavy (non-hydrogen) atoms. The lowest BCUT2D eigenvalue weighted by atomic mass is 10.1. The van der Waals surface area contributed by atoms with E-state index in [0.29, 0.717) is 6.61 Å². The molecule has 90 valence electrons. The van der Waals surface area contributed by atoms with Crippen LogP contribution < -0.4 is 10.1 Å². The van der Waals surface area contributed by atoms with E-state index in [-0.39, 0.29) is 12.6 Å². The van der Waals surface area contributed by atoms with Crippen LogP contribution in [-0.2, 0) is 6.42 Å². The first-order valence-electron chi connectivity index (χ1n) is 5.80. The van der Waals surface area contributed by atoms with Gasteiger partial charge in [0.15, 0.2) is 0 Å². The predicted molar refractivity (Wildman–Crippen MR) is 65.9 cm³/mol. The zero-order valence-electron chi connectivity index (χ0n) is 10.1. The zero-order chi connectivity index (χ0) is 11.8. The summed E-state index contributed by atoms with van der Waals surface area (Å²) in [5.41, 5.74) is 1.34. The Balaban J connectivity index is 2.42. The Morgan fingerprint density at radius 2 is 2.00 bits per heavy atom. The van der Waals surface area contributed by atoms with Gasteiger partial charge in [0.2, 0.25) is 0 Å². The summed E-state index contributed by atoms with van der Waals surface area (Å²) in [7, 11) is 1.81. The number of ether oxygens (including phenoxy) is 1. The van der Waals surface area contributed by atoms with Crippen LogP contribution in [0.4, 0.5) is 0 Å². The second kappa shape index (κ2) is 7.25. The van der Waals surface area contributed by atoms with Crippen molar-refractivity contribution in [2.24, 2.45) is 0 Å². The highest BCUT2D eigenvalue weighted by Crippen LogP contribution is 2.13. The lowest BCUT2D eigenvalue weighted by molar-refractivity contribution is 0.189. The van der Waals surface area contributed by atoms with E-state index in [1.54, 1.807) is 0 Å². The molecule has 0 saturated heterocycles. The van der Waals surface area contributed by atoms with E-state index in [4.69, 9.17) is 9.84 Å². The van der Waals surface area contributed by atoms with Crippen molar-refractivity contribution in [1.82, 2.24) is 5.32 Å². The molecule has 0 spiro atoms. The van der Waals surface area contributed by atoms with E-state index in [2.05, 4.69) is 24.4 Å². The molecule has 0 amide bonds. The highest BCUT2D eigenvalue weighted by molar-refractivity contribution is 5.27. The molecular weight excluding hydrogens is 202 g/mol. The fourth-order valence-electron chi connectivity index (χ4n) is 1.47. The Hall–Kier alpha value is -1.06. The molecule has 2 N–H and O–H groups in total. The van der Waals surface area contributed by atoms with Gasteiger partial charge in [0, 0.05) is 0 Å². The summed E-state index contributed by atoms with van der Waals surface area (Å²) in [6.45, 7) is 2.74. The largest absolute Gasteiger partial charge is 0.492 e. The highest BCUT2D eigenvalue weighted by atomic mass is 16.5. The van der Waals surface area contributed by atoms with E-state index in [0.717, 1.165) is 18.6 Å². The zero-order valence-corrected chi connectivity index (χ0v) is 10.1. The van der Waals surface area contributed by atoms with Gasteiger partial charge in [0.05, 0.1) is 12.6 Å². The van der Waals surface area contributed by atoms with Crippen molar-refractivity contribution < 1.29 is 9.84 Å². The maximum Gasteiger partial charge on any atom is 0.119 e. The van der Waals surface area contributed by atoms with Crippen LogP contribution in [0.5, 0.6) is 5.75 Å². The Labute approximate surface area is 97.4 Å². The van der Waals surface area contributed by atoms with Crippen LogP contribution in [0.25, 0.3) is 0 Å². The maximum absolute atomic E-state index is 8.98. The van der Waals surface area contributed by atoms with Gasteiger partial charge in [-0.05, 0) is 31.2 Å². The standard InChI is InChI=1S/C13H21NO2/c1-3-4-11-5-7-13(8-6-11)16-10-12(9-15)14-2/h5-8,12,14-15H,3-4,9-10H2,1-2H3. The number of hydrogen-bond acceptors (Lipinski definition) is 3. The highest BCUT2D eigenvalue weighted by Gasteiger charge is 2.04. The van der Waals surface area contributed by atoms with E-state index in [1.807, 2.05) is 19.2 Å². The number of benzene rings is 1. The monoisotopic (exact) mass is 223 g/mol. The molecule has 0 saturated carbocycles. The first kappa shape index (κ1) is 13.0. The molecule has 0 bridgehead atoms. The number of aliphatic hydroxyl groups is 1. The van der Waals surface area contributed by atoms with Crippen LogP contribution in [0.15, 0.2) is 24.3 Å². The van der Waals surface area contributed by atoms with E-state index in [1.165, 1.54) is 5.56 Å². The molecule has 3 nitrogen and oxygen atoms in total. The number of likely N-dealkylation sites (N-methyl/N-ethyl adjacent to an activating group) is 1. The minimum atomic E-state index is -0.00433. The summed E-state index contributed by atoms with van der Waals surface area (Å²) in [5.74, 6) is 0.855. The van der Waals surface area contributed by atoms with Crippen molar-refractivity contribution in [2.75, 3.05) is 20.3 Å². The van der Waals surface area contributed by atoms with Gasteiger partial charge in [-0.25, -0.2) is 0 Å². The van der Waals surface area contributed by atoms with Crippen molar-refractivity contribution in [3.05, 3.63) is 29.8 Å². The van der Waals surface area contributed by atoms with Gasteiger partial charge in [0.25, 0.3) is 0 Å². The summed E-state index contributed by atoms with van der Waals surface area (Å²) in [5, 5.41) is 12.0. The fraction of sp³-hybridized carbons (Fsp3) is 0.538. The van der Waals surface area contributed by atoms with Crippen molar-refractivity contribution in [2.45, 2.75) is 25.8 Å². The number of hydrogen-bond donors (Lipinski definition) is 2. The molecule has 0 aliphatic heterocycles. The summed E-state index contributed by atoms with van der Waals surface area (Å²) >= 11 is 0. The lowest BCUT2D eigenvalue weighted by Gasteiger charge is -2.14. The topological polar surface area (TPSA) is 41.5 Å². The van der Waals surface area contributed by atoms with Crippen LogP contribution in [0.1, 0.15) is 18.9 Å². The molecule has 0 radical (unpaired) electrons. The molecule has 0 aliphatic carbocycles. The fourth-order valence-corrected chi connectivity index (χ4v) is 1.47. The Morgan fingerprint density at radius 3 is 2.50 bits per heavy atom. The second-order valence-corrected chi connectivity index (χ2v) is 3.87. The van der Waals surface area contributed by atoms with Crippen molar-refractivity contribution in [3.8, 4) is 5.75 Å². The van der Waals surface area contributed by atoms with Crippen LogP contribution in [0.3, 0.4) is 0 Å². The number of rotatable bonds is 7. The average Bonchev–Trinajstić information content (AvgIpc) is 2.33. The number of aryl methyl sites for hydroxylation is 1. The Bertz CT molecular complexity index is 280. The Kier molecular flexibility index (Phi) is 5.90. The lowest BCUT2D eigenvalue weighted by Crippen LogP contribution is -2.34. The van der Waals surface area contributed by atoms with Gasteiger partial charge < -0.3 is 15.2 Å². The van der Waals surface area contributed by atoms with Crippen LogP contribution in [0, 0.1) is 0 Å². The minimum absolute atomic E-state index is 0.00433. The van der Waals surface area contributed by atoms with Crippen molar-refractivity contribution in [1.29, 1.82) is 0 Å². The van der Waals surface area contributed by atoms with Crippen LogP contribution >= 0.6 is 0 Å². The molecule has 3 heteroatoms. The summed E-state index contributed by atoms with van der Waals surface area (Å²) in [4.78, 5) is 0. The molecule has 0 aliphatic rings. The van der Waals surface area contributed by atoms with E-state index < -0.39 is 0 Å². The van der Waals surface area contributed by atoms with Crippen LogP contribution in [0.2, 0.25) is 0 Å². The average molecular weight is 223 g/mol. The van der Waals surface area contributed by atoms with Crippen molar-refractivity contribution in [3.63, 3.8) is 0 Å². The molecule has 0 fully saturated rings. The second-order valence-electron chi connectivity index (χ2n) is 3.87.